The van der Waals surface area contributed by atoms with E-state index in [9.17, 15) is 10.2 Å². The summed E-state index contributed by atoms with van der Waals surface area (Å²) < 4.78 is 0. The van der Waals surface area contributed by atoms with Gasteiger partial charge >= 0.3 is 0 Å². The Morgan fingerprint density at radius 1 is 0.833 bits per heavy atom. The SMILES string of the molecule is CCCCCCCCCCCCCC[C@@H](O)[C@@H](O)[C@H](CO)N=[N+]=[N-]. The molecule has 0 aliphatic heterocycles. The fourth-order valence-electron chi connectivity index (χ4n) is 2.90. The van der Waals surface area contributed by atoms with Gasteiger partial charge in [-0.3, -0.25) is 0 Å². The van der Waals surface area contributed by atoms with Crippen molar-refractivity contribution in [3.05, 3.63) is 10.4 Å². The number of aliphatic hydroxyl groups is 3. The van der Waals surface area contributed by atoms with E-state index in [2.05, 4.69) is 16.9 Å². The molecule has 0 radical (unpaired) electrons. The monoisotopic (exact) mass is 343 g/mol. The molecule has 6 nitrogen and oxygen atoms in total. The van der Waals surface area contributed by atoms with E-state index in [1.807, 2.05) is 0 Å². The van der Waals surface area contributed by atoms with Crippen molar-refractivity contribution in [3.63, 3.8) is 0 Å². The molecule has 0 heterocycles. The molecular formula is C18H37N3O3. The molecule has 0 bridgehead atoms. The zero-order valence-electron chi connectivity index (χ0n) is 15.3. The maximum Gasteiger partial charge on any atom is 0.0905 e. The third kappa shape index (κ3) is 12.6. The van der Waals surface area contributed by atoms with Crippen molar-refractivity contribution >= 4 is 0 Å². The van der Waals surface area contributed by atoms with E-state index in [1.165, 1.54) is 57.8 Å². The topological polar surface area (TPSA) is 109 Å². The fourth-order valence-corrected chi connectivity index (χ4v) is 2.90. The van der Waals surface area contributed by atoms with Crippen molar-refractivity contribution in [1.29, 1.82) is 0 Å². The van der Waals surface area contributed by atoms with Crippen LogP contribution < -0.4 is 0 Å². The number of hydrogen-bond acceptors (Lipinski definition) is 4. The molecule has 0 aromatic heterocycles. The quantitative estimate of drug-likeness (QED) is 0.157. The Bertz CT molecular complexity index is 323. The molecule has 0 amide bonds. The number of rotatable bonds is 17. The molecule has 0 aliphatic carbocycles. The summed E-state index contributed by atoms with van der Waals surface area (Å²) in [5, 5.41) is 32.0. The van der Waals surface area contributed by atoms with Crippen molar-refractivity contribution in [1.82, 2.24) is 0 Å². The van der Waals surface area contributed by atoms with E-state index < -0.39 is 24.9 Å². The maximum atomic E-state index is 9.86. The Balaban J connectivity index is 3.47. The summed E-state index contributed by atoms with van der Waals surface area (Å²) >= 11 is 0. The lowest BCUT2D eigenvalue weighted by atomic mass is 10.00. The molecule has 0 aromatic rings. The van der Waals surface area contributed by atoms with Crippen LogP contribution >= 0.6 is 0 Å². The van der Waals surface area contributed by atoms with Gasteiger partial charge in [-0.2, -0.15) is 0 Å². The van der Waals surface area contributed by atoms with E-state index in [0.29, 0.717) is 6.42 Å². The Morgan fingerprint density at radius 2 is 1.29 bits per heavy atom. The van der Waals surface area contributed by atoms with Crippen molar-refractivity contribution < 1.29 is 15.3 Å². The van der Waals surface area contributed by atoms with Crippen molar-refractivity contribution in [2.24, 2.45) is 5.11 Å². The lowest BCUT2D eigenvalue weighted by Gasteiger charge is -2.21. The third-order valence-electron chi connectivity index (χ3n) is 4.53. The van der Waals surface area contributed by atoms with Crippen LogP contribution in [0.1, 0.15) is 90.4 Å². The fraction of sp³-hybridized carbons (Fsp3) is 1.00. The maximum absolute atomic E-state index is 9.86. The summed E-state index contributed by atoms with van der Waals surface area (Å²) in [6.07, 6.45) is 13.3. The minimum atomic E-state index is -1.20. The molecule has 0 aromatic carbocycles. The van der Waals surface area contributed by atoms with Gasteiger partial charge in [-0.25, -0.2) is 0 Å². The molecule has 0 saturated carbocycles. The highest BCUT2D eigenvalue weighted by atomic mass is 16.3. The minimum absolute atomic E-state index is 0.458. The first-order chi connectivity index (χ1) is 11.7. The van der Waals surface area contributed by atoms with E-state index in [-0.39, 0.29) is 0 Å². The van der Waals surface area contributed by atoms with Crippen LogP contribution in [0.15, 0.2) is 5.11 Å². The Labute approximate surface area is 146 Å². The second-order valence-corrected chi connectivity index (χ2v) is 6.69. The molecule has 0 spiro atoms. The summed E-state index contributed by atoms with van der Waals surface area (Å²) in [6, 6.07) is -0.970. The number of hydrogen-bond donors (Lipinski definition) is 3. The first kappa shape index (κ1) is 23.2. The van der Waals surface area contributed by atoms with Crippen LogP contribution in [0.2, 0.25) is 0 Å². The average Bonchev–Trinajstić information content (AvgIpc) is 2.59. The van der Waals surface area contributed by atoms with Gasteiger partial charge in [0.2, 0.25) is 0 Å². The molecule has 3 N–H and O–H groups in total. The molecule has 24 heavy (non-hydrogen) atoms. The Hall–Kier alpha value is -0.810. The molecule has 6 heteroatoms. The summed E-state index contributed by atoms with van der Waals surface area (Å²) in [7, 11) is 0. The first-order valence-corrected chi connectivity index (χ1v) is 9.68. The smallest absolute Gasteiger partial charge is 0.0905 e. The largest absolute Gasteiger partial charge is 0.396 e. The van der Waals surface area contributed by atoms with Crippen LogP contribution in [0, 0.1) is 0 Å². The zero-order valence-corrected chi connectivity index (χ0v) is 15.3. The minimum Gasteiger partial charge on any atom is -0.396 e. The van der Waals surface area contributed by atoms with Crippen molar-refractivity contribution in [2.75, 3.05) is 6.61 Å². The molecular weight excluding hydrogens is 306 g/mol. The Morgan fingerprint density at radius 3 is 1.71 bits per heavy atom. The van der Waals surface area contributed by atoms with Gasteiger partial charge in [0.05, 0.1) is 24.9 Å². The van der Waals surface area contributed by atoms with Gasteiger partial charge in [0.1, 0.15) is 0 Å². The summed E-state index contributed by atoms with van der Waals surface area (Å²) in [4.78, 5) is 2.57. The molecule has 3 atom stereocenters. The number of nitrogens with zero attached hydrogens (tertiary/aromatic N) is 3. The number of aliphatic hydroxyl groups excluding tert-OH is 3. The summed E-state index contributed by atoms with van der Waals surface area (Å²) in [6.45, 7) is 1.78. The molecule has 0 unspecified atom stereocenters. The van der Waals surface area contributed by atoms with Crippen molar-refractivity contribution in [2.45, 2.75) is 109 Å². The van der Waals surface area contributed by atoms with E-state index >= 15 is 0 Å². The third-order valence-corrected chi connectivity index (χ3v) is 4.53. The lowest BCUT2D eigenvalue weighted by Crippen LogP contribution is -2.38. The highest BCUT2D eigenvalue weighted by Crippen LogP contribution is 2.15. The number of unbranched alkanes of at least 4 members (excludes halogenated alkanes) is 11. The Kier molecular flexibility index (Phi) is 16.5. The van der Waals surface area contributed by atoms with E-state index in [1.54, 1.807) is 0 Å². The molecule has 0 saturated heterocycles. The normalized spacial score (nSPS) is 14.8. The van der Waals surface area contributed by atoms with E-state index in [0.717, 1.165) is 19.3 Å². The molecule has 0 aliphatic rings. The van der Waals surface area contributed by atoms with Crippen LogP contribution in [0.25, 0.3) is 10.4 Å². The van der Waals surface area contributed by atoms with Gasteiger partial charge in [0, 0.05) is 4.91 Å². The van der Waals surface area contributed by atoms with Gasteiger partial charge in [0.15, 0.2) is 0 Å². The second-order valence-electron chi connectivity index (χ2n) is 6.69. The zero-order chi connectivity index (χ0) is 18.0. The average molecular weight is 344 g/mol. The lowest BCUT2D eigenvalue weighted by molar-refractivity contribution is -0.0120. The highest BCUT2D eigenvalue weighted by molar-refractivity contribution is 4.81. The van der Waals surface area contributed by atoms with E-state index in [4.69, 9.17) is 10.6 Å². The van der Waals surface area contributed by atoms with Gasteiger partial charge in [0.25, 0.3) is 0 Å². The molecule has 0 rings (SSSR count). The standard InChI is InChI=1S/C18H37N3O3/c1-2-3-4-5-6-7-8-9-10-11-12-13-14-17(23)18(24)16(15-22)20-21-19/h16-18,22-24H,2-15H2,1H3/t16-,17+,18-/m0/s1. The van der Waals surface area contributed by atoms with Crippen LogP contribution in [0.5, 0.6) is 0 Å². The molecule has 142 valence electrons. The molecule has 0 fully saturated rings. The van der Waals surface area contributed by atoms with Gasteiger partial charge in [-0.15, -0.1) is 0 Å². The second kappa shape index (κ2) is 17.0. The number of azide groups is 1. The summed E-state index contributed by atoms with van der Waals surface area (Å²) in [5.41, 5.74) is 8.34. The van der Waals surface area contributed by atoms with Gasteiger partial charge < -0.3 is 15.3 Å². The van der Waals surface area contributed by atoms with Crippen LogP contribution in [0.3, 0.4) is 0 Å². The predicted octanol–water partition coefficient (Wildman–Crippen LogP) is 4.47. The van der Waals surface area contributed by atoms with Crippen LogP contribution in [0.4, 0.5) is 0 Å². The first-order valence-electron chi connectivity index (χ1n) is 9.68. The van der Waals surface area contributed by atoms with Gasteiger partial charge in [-0.05, 0) is 12.0 Å². The van der Waals surface area contributed by atoms with Crippen LogP contribution in [-0.4, -0.2) is 40.2 Å². The van der Waals surface area contributed by atoms with Crippen LogP contribution in [-0.2, 0) is 0 Å². The highest BCUT2D eigenvalue weighted by Gasteiger charge is 2.24. The van der Waals surface area contributed by atoms with Crippen molar-refractivity contribution in [3.8, 4) is 0 Å². The van der Waals surface area contributed by atoms with Gasteiger partial charge in [-0.1, -0.05) is 89.1 Å². The summed E-state index contributed by atoms with van der Waals surface area (Å²) in [5.74, 6) is 0. The predicted molar refractivity (Wildman–Crippen MR) is 97.7 cm³/mol.